The summed E-state index contributed by atoms with van der Waals surface area (Å²) < 4.78 is 32.3. The van der Waals surface area contributed by atoms with Crippen LogP contribution in [0.5, 0.6) is 5.75 Å². The molecule has 8 heteroatoms. The van der Waals surface area contributed by atoms with E-state index < -0.39 is 10.0 Å². The summed E-state index contributed by atoms with van der Waals surface area (Å²) in [7, 11) is 1.05. The Hall–Kier alpha value is -2.84. The van der Waals surface area contributed by atoms with E-state index in [9.17, 15) is 13.2 Å². The van der Waals surface area contributed by atoms with Crippen LogP contribution in [0.1, 0.15) is 20.8 Å². The van der Waals surface area contributed by atoms with Crippen LogP contribution in [0.2, 0.25) is 0 Å². The highest BCUT2D eigenvalue weighted by molar-refractivity contribution is 7.92. The summed E-state index contributed by atoms with van der Waals surface area (Å²) in [6.07, 6.45) is 0. The quantitative estimate of drug-likeness (QED) is 0.549. The van der Waals surface area contributed by atoms with Crippen LogP contribution in [-0.4, -0.2) is 40.4 Å². The van der Waals surface area contributed by atoms with Crippen molar-refractivity contribution in [3.05, 3.63) is 76.0 Å². The monoisotopic (exact) mass is 444 g/mol. The zero-order chi connectivity index (χ0) is 21.9. The number of methoxy groups -OCH3 is 1. The first-order chi connectivity index (χ1) is 14.2. The molecular formula is C22H24N2O4S2. The van der Waals surface area contributed by atoms with Gasteiger partial charge in [-0.05, 0) is 66.4 Å². The van der Waals surface area contributed by atoms with Crippen LogP contribution in [0.25, 0.3) is 0 Å². The predicted molar refractivity (Wildman–Crippen MR) is 120 cm³/mol. The maximum atomic E-state index is 13.0. The Morgan fingerprint density at radius 3 is 2.33 bits per heavy atom. The smallest absolute Gasteiger partial charge is 0.264 e. The molecule has 158 valence electrons. The van der Waals surface area contributed by atoms with Gasteiger partial charge in [-0.25, -0.2) is 8.42 Å². The van der Waals surface area contributed by atoms with E-state index in [1.807, 2.05) is 17.5 Å². The Morgan fingerprint density at radius 1 is 1.07 bits per heavy atom. The molecule has 0 unspecified atom stereocenters. The molecule has 3 aromatic rings. The maximum absolute atomic E-state index is 13.0. The number of nitrogens with zero attached hydrogens (tertiary/aromatic N) is 2. The summed E-state index contributed by atoms with van der Waals surface area (Å²) in [4.78, 5) is 15.7. The van der Waals surface area contributed by atoms with E-state index in [0.717, 1.165) is 4.88 Å². The van der Waals surface area contributed by atoms with E-state index in [4.69, 9.17) is 4.74 Å². The molecule has 0 aliphatic carbocycles. The van der Waals surface area contributed by atoms with Crippen molar-refractivity contribution >= 4 is 33.0 Å². The normalized spacial score (nSPS) is 11.2. The second-order valence-electron chi connectivity index (χ2n) is 6.89. The number of ether oxygens (including phenoxy) is 1. The molecule has 1 heterocycles. The second kappa shape index (κ2) is 8.89. The fraction of sp³-hybridized carbons (Fsp3) is 0.227. The molecule has 0 spiro atoms. The van der Waals surface area contributed by atoms with Crippen molar-refractivity contribution in [2.75, 3.05) is 25.5 Å². The molecule has 0 aliphatic rings. The standard InChI is InChI=1S/C22H24N2O4S2/c1-16-14-17(22(25)23(2)15-19-6-5-13-29-19)7-12-21(16)24(3)30(26,27)20-10-8-18(28-4)9-11-20/h5-14H,15H2,1-4H3. The predicted octanol–water partition coefficient (Wildman–Crippen LogP) is 4.16. The highest BCUT2D eigenvalue weighted by Crippen LogP contribution is 2.27. The molecule has 0 atom stereocenters. The molecule has 2 aromatic carbocycles. The largest absolute Gasteiger partial charge is 0.497 e. The van der Waals surface area contributed by atoms with Crippen LogP contribution < -0.4 is 9.04 Å². The van der Waals surface area contributed by atoms with Gasteiger partial charge in [-0.2, -0.15) is 0 Å². The average molecular weight is 445 g/mol. The lowest BCUT2D eigenvalue weighted by molar-refractivity contribution is 0.0786. The third kappa shape index (κ3) is 4.49. The number of amides is 1. The number of sulfonamides is 1. The van der Waals surface area contributed by atoms with Gasteiger partial charge in [0.1, 0.15) is 5.75 Å². The van der Waals surface area contributed by atoms with E-state index >= 15 is 0 Å². The lowest BCUT2D eigenvalue weighted by atomic mass is 10.1. The van der Waals surface area contributed by atoms with Crippen molar-refractivity contribution in [1.82, 2.24) is 4.90 Å². The molecule has 1 aromatic heterocycles. The van der Waals surface area contributed by atoms with Gasteiger partial charge in [0.25, 0.3) is 15.9 Å². The van der Waals surface area contributed by atoms with Crippen LogP contribution in [0.15, 0.2) is 64.9 Å². The third-order valence-corrected chi connectivity index (χ3v) is 7.47. The van der Waals surface area contributed by atoms with E-state index in [1.165, 1.54) is 30.6 Å². The van der Waals surface area contributed by atoms with Crippen molar-refractivity contribution in [3.8, 4) is 5.75 Å². The summed E-state index contributed by atoms with van der Waals surface area (Å²) in [6, 6.07) is 15.2. The van der Waals surface area contributed by atoms with Gasteiger partial charge in [0.15, 0.2) is 0 Å². The second-order valence-corrected chi connectivity index (χ2v) is 9.89. The number of hydrogen-bond acceptors (Lipinski definition) is 5. The molecule has 0 saturated heterocycles. The number of carbonyl (C=O) groups excluding carboxylic acids is 1. The summed E-state index contributed by atoms with van der Waals surface area (Å²) in [5.74, 6) is 0.473. The molecule has 1 amide bonds. The molecule has 6 nitrogen and oxygen atoms in total. The Balaban J connectivity index is 1.82. The summed E-state index contributed by atoms with van der Waals surface area (Å²) in [5, 5.41) is 1.98. The van der Waals surface area contributed by atoms with Gasteiger partial charge in [0, 0.05) is 24.5 Å². The number of anilines is 1. The molecular weight excluding hydrogens is 420 g/mol. The van der Waals surface area contributed by atoms with Crippen molar-refractivity contribution in [2.24, 2.45) is 0 Å². The van der Waals surface area contributed by atoms with Gasteiger partial charge in [-0.3, -0.25) is 9.10 Å². The first kappa shape index (κ1) is 21.9. The highest BCUT2D eigenvalue weighted by atomic mass is 32.2. The average Bonchev–Trinajstić information content (AvgIpc) is 3.25. The van der Waals surface area contributed by atoms with E-state index in [0.29, 0.717) is 29.1 Å². The summed E-state index contributed by atoms with van der Waals surface area (Å²) in [6.45, 7) is 2.33. The van der Waals surface area contributed by atoms with Crippen LogP contribution in [-0.2, 0) is 16.6 Å². The Labute approximate surface area is 181 Å². The van der Waals surface area contributed by atoms with E-state index in [-0.39, 0.29) is 10.8 Å². The number of rotatable bonds is 7. The molecule has 0 aliphatic heterocycles. The first-order valence-corrected chi connectivity index (χ1v) is 11.6. The number of benzene rings is 2. The maximum Gasteiger partial charge on any atom is 0.264 e. The zero-order valence-corrected chi connectivity index (χ0v) is 19.0. The van der Waals surface area contributed by atoms with Gasteiger partial charge in [0.05, 0.1) is 24.2 Å². The van der Waals surface area contributed by atoms with Gasteiger partial charge < -0.3 is 9.64 Å². The lowest BCUT2D eigenvalue weighted by Crippen LogP contribution is -2.28. The van der Waals surface area contributed by atoms with E-state index in [1.54, 1.807) is 60.5 Å². The number of aryl methyl sites for hydroxylation is 1. The molecule has 0 N–H and O–H groups in total. The summed E-state index contributed by atoms with van der Waals surface area (Å²) in [5.41, 5.74) is 1.73. The topological polar surface area (TPSA) is 66.9 Å². The van der Waals surface area contributed by atoms with E-state index in [2.05, 4.69) is 0 Å². The van der Waals surface area contributed by atoms with Gasteiger partial charge in [0.2, 0.25) is 0 Å². The molecule has 0 fully saturated rings. The number of hydrogen-bond donors (Lipinski definition) is 0. The van der Waals surface area contributed by atoms with Crippen molar-refractivity contribution < 1.29 is 17.9 Å². The van der Waals surface area contributed by atoms with Crippen LogP contribution in [0.3, 0.4) is 0 Å². The van der Waals surface area contributed by atoms with Crippen molar-refractivity contribution in [2.45, 2.75) is 18.4 Å². The highest BCUT2D eigenvalue weighted by Gasteiger charge is 2.23. The van der Waals surface area contributed by atoms with Gasteiger partial charge >= 0.3 is 0 Å². The Bertz CT molecular complexity index is 1120. The molecule has 0 radical (unpaired) electrons. The summed E-state index contributed by atoms with van der Waals surface area (Å²) >= 11 is 1.60. The molecule has 30 heavy (non-hydrogen) atoms. The van der Waals surface area contributed by atoms with Gasteiger partial charge in [-0.15, -0.1) is 11.3 Å². The fourth-order valence-electron chi connectivity index (χ4n) is 3.11. The fourth-order valence-corrected chi connectivity index (χ4v) is 5.12. The molecule has 0 bridgehead atoms. The minimum atomic E-state index is -3.74. The minimum absolute atomic E-state index is 0.112. The zero-order valence-electron chi connectivity index (χ0n) is 17.3. The van der Waals surface area contributed by atoms with Crippen LogP contribution in [0.4, 0.5) is 5.69 Å². The Morgan fingerprint density at radius 2 is 1.77 bits per heavy atom. The van der Waals surface area contributed by atoms with Crippen LogP contribution in [0, 0.1) is 6.92 Å². The van der Waals surface area contributed by atoms with Crippen molar-refractivity contribution in [3.63, 3.8) is 0 Å². The minimum Gasteiger partial charge on any atom is -0.497 e. The molecule has 3 rings (SSSR count). The molecule has 0 saturated carbocycles. The first-order valence-electron chi connectivity index (χ1n) is 9.25. The third-order valence-electron chi connectivity index (χ3n) is 4.82. The Kier molecular flexibility index (Phi) is 6.48. The van der Waals surface area contributed by atoms with Gasteiger partial charge in [-0.1, -0.05) is 6.07 Å². The number of carbonyl (C=O) groups is 1. The lowest BCUT2D eigenvalue weighted by Gasteiger charge is -2.23. The van der Waals surface area contributed by atoms with Crippen LogP contribution >= 0.6 is 11.3 Å². The number of thiophene rings is 1. The SMILES string of the molecule is COc1ccc(S(=O)(=O)N(C)c2ccc(C(=O)N(C)Cc3cccs3)cc2C)cc1. The van der Waals surface area contributed by atoms with Crippen molar-refractivity contribution in [1.29, 1.82) is 0 Å².